The van der Waals surface area contributed by atoms with Crippen molar-refractivity contribution in [1.29, 1.82) is 0 Å². The number of halogens is 4. The highest BCUT2D eigenvalue weighted by Crippen LogP contribution is 2.31. The van der Waals surface area contributed by atoms with Gasteiger partial charge in [0.2, 0.25) is 0 Å². The summed E-state index contributed by atoms with van der Waals surface area (Å²) in [6.45, 7) is 6.55. The van der Waals surface area contributed by atoms with Crippen molar-refractivity contribution >= 4 is 0 Å². The number of hydrogen-bond donors (Lipinski definition) is 1. The van der Waals surface area contributed by atoms with Gasteiger partial charge in [-0.25, -0.2) is 4.39 Å². The van der Waals surface area contributed by atoms with Gasteiger partial charge in [0.05, 0.1) is 5.56 Å². The summed E-state index contributed by atoms with van der Waals surface area (Å²) in [6, 6.07) is 3.34. The van der Waals surface area contributed by atoms with Crippen LogP contribution in [0.4, 0.5) is 17.6 Å². The van der Waals surface area contributed by atoms with Gasteiger partial charge in [0.15, 0.2) is 0 Å². The minimum atomic E-state index is -4.65. The largest absolute Gasteiger partial charge is 0.419 e. The molecule has 0 saturated carbocycles. The van der Waals surface area contributed by atoms with Crippen LogP contribution >= 0.6 is 0 Å². The summed E-state index contributed by atoms with van der Waals surface area (Å²) in [5, 5.41) is 3.17. The van der Waals surface area contributed by atoms with Crippen molar-refractivity contribution in [1.82, 2.24) is 5.32 Å². The first kappa shape index (κ1) is 17.0. The normalized spacial score (nSPS) is 15.2. The molecule has 1 aromatic carbocycles. The number of hydrogen-bond acceptors (Lipinski definition) is 1. The third kappa shape index (κ3) is 5.12. The molecule has 0 amide bonds. The molecular formula is C15H21F4N. The van der Waals surface area contributed by atoms with Crippen LogP contribution in [0.15, 0.2) is 18.2 Å². The van der Waals surface area contributed by atoms with E-state index in [1.165, 1.54) is 6.07 Å². The van der Waals surface area contributed by atoms with E-state index in [2.05, 4.69) is 19.2 Å². The lowest BCUT2D eigenvalue weighted by Gasteiger charge is -2.18. The fourth-order valence-corrected chi connectivity index (χ4v) is 2.05. The predicted octanol–water partition coefficient (Wildman–Crippen LogP) is 4.76. The minimum Gasteiger partial charge on any atom is -0.310 e. The Balaban J connectivity index is 2.65. The molecule has 1 aromatic rings. The molecular weight excluding hydrogens is 270 g/mol. The average Bonchev–Trinajstić information content (AvgIpc) is 2.36. The first-order valence-corrected chi connectivity index (χ1v) is 6.83. The van der Waals surface area contributed by atoms with Gasteiger partial charge in [0, 0.05) is 12.6 Å². The molecule has 0 heterocycles. The standard InChI is InChI=1S/C15H21F4N/c1-4-10(2)7-11(3)20-9-12-5-6-14(16)13(8-12)15(17,18)19/h5-6,8,10-11,20H,4,7,9H2,1-3H3. The van der Waals surface area contributed by atoms with Crippen molar-refractivity contribution in [3.63, 3.8) is 0 Å². The molecule has 1 N–H and O–H groups in total. The first-order chi connectivity index (χ1) is 9.24. The molecule has 0 fully saturated rings. The SMILES string of the molecule is CCC(C)CC(C)NCc1ccc(F)c(C(F)(F)F)c1. The van der Waals surface area contributed by atoms with Gasteiger partial charge in [-0.05, 0) is 37.0 Å². The van der Waals surface area contributed by atoms with Crippen LogP contribution in [-0.2, 0) is 12.7 Å². The van der Waals surface area contributed by atoms with Gasteiger partial charge >= 0.3 is 6.18 Å². The van der Waals surface area contributed by atoms with Crippen LogP contribution in [0.3, 0.4) is 0 Å². The van der Waals surface area contributed by atoms with Crippen LogP contribution in [0, 0.1) is 11.7 Å². The highest BCUT2D eigenvalue weighted by atomic mass is 19.4. The lowest BCUT2D eigenvalue weighted by molar-refractivity contribution is -0.140. The second-order valence-electron chi connectivity index (χ2n) is 5.34. The van der Waals surface area contributed by atoms with E-state index < -0.39 is 17.6 Å². The van der Waals surface area contributed by atoms with Gasteiger partial charge < -0.3 is 5.32 Å². The summed E-state index contributed by atoms with van der Waals surface area (Å²) >= 11 is 0. The van der Waals surface area contributed by atoms with Gasteiger partial charge in [-0.3, -0.25) is 0 Å². The first-order valence-electron chi connectivity index (χ1n) is 6.83. The Morgan fingerprint density at radius 2 is 1.85 bits per heavy atom. The molecule has 0 aliphatic rings. The zero-order valence-electron chi connectivity index (χ0n) is 12.0. The van der Waals surface area contributed by atoms with Crippen molar-refractivity contribution in [2.45, 2.75) is 52.4 Å². The van der Waals surface area contributed by atoms with Crippen molar-refractivity contribution < 1.29 is 17.6 Å². The van der Waals surface area contributed by atoms with E-state index in [4.69, 9.17) is 0 Å². The molecule has 0 radical (unpaired) electrons. The maximum absolute atomic E-state index is 13.1. The third-order valence-electron chi connectivity index (χ3n) is 3.44. The zero-order valence-corrected chi connectivity index (χ0v) is 12.0. The highest BCUT2D eigenvalue weighted by Gasteiger charge is 2.34. The third-order valence-corrected chi connectivity index (χ3v) is 3.44. The van der Waals surface area contributed by atoms with Gasteiger partial charge in [0.1, 0.15) is 5.82 Å². The van der Waals surface area contributed by atoms with E-state index in [1.54, 1.807) is 0 Å². The molecule has 0 bridgehead atoms. The predicted molar refractivity (Wildman–Crippen MR) is 71.8 cm³/mol. The van der Waals surface area contributed by atoms with E-state index in [-0.39, 0.29) is 6.04 Å². The number of alkyl halides is 3. The molecule has 0 aromatic heterocycles. The number of rotatable bonds is 6. The molecule has 0 aliphatic heterocycles. The summed E-state index contributed by atoms with van der Waals surface area (Å²) in [5.41, 5.74) is -0.763. The van der Waals surface area contributed by atoms with Crippen molar-refractivity contribution in [2.75, 3.05) is 0 Å². The topological polar surface area (TPSA) is 12.0 Å². The number of benzene rings is 1. The molecule has 2 unspecified atom stereocenters. The van der Waals surface area contributed by atoms with Crippen LogP contribution in [0.25, 0.3) is 0 Å². The quantitative estimate of drug-likeness (QED) is 0.745. The molecule has 0 saturated heterocycles. The van der Waals surface area contributed by atoms with Gasteiger partial charge in [-0.15, -0.1) is 0 Å². The molecule has 114 valence electrons. The van der Waals surface area contributed by atoms with E-state index in [9.17, 15) is 17.6 Å². The maximum atomic E-state index is 13.1. The van der Waals surface area contributed by atoms with Crippen molar-refractivity contribution in [2.24, 2.45) is 5.92 Å². The summed E-state index contributed by atoms with van der Waals surface area (Å²) < 4.78 is 50.9. The summed E-state index contributed by atoms with van der Waals surface area (Å²) in [5.74, 6) is -0.662. The molecule has 2 atom stereocenters. The molecule has 0 spiro atoms. The Morgan fingerprint density at radius 3 is 2.40 bits per heavy atom. The average molecular weight is 291 g/mol. The minimum absolute atomic E-state index is 0.212. The van der Waals surface area contributed by atoms with Gasteiger partial charge in [0.25, 0.3) is 0 Å². The smallest absolute Gasteiger partial charge is 0.310 e. The Morgan fingerprint density at radius 1 is 1.20 bits per heavy atom. The molecule has 1 rings (SSSR count). The molecule has 20 heavy (non-hydrogen) atoms. The summed E-state index contributed by atoms with van der Waals surface area (Å²) in [7, 11) is 0. The molecule has 5 heteroatoms. The lowest BCUT2D eigenvalue weighted by Crippen LogP contribution is -2.27. The van der Waals surface area contributed by atoms with Crippen LogP contribution in [-0.4, -0.2) is 6.04 Å². The van der Waals surface area contributed by atoms with E-state index in [1.807, 2.05) is 6.92 Å². The number of nitrogens with one attached hydrogen (secondary N) is 1. The second-order valence-corrected chi connectivity index (χ2v) is 5.34. The van der Waals surface area contributed by atoms with Crippen LogP contribution in [0.2, 0.25) is 0 Å². The summed E-state index contributed by atoms with van der Waals surface area (Å²) in [6.07, 6.45) is -2.62. The van der Waals surface area contributed by atoms with Gasteiger partial charge in [-0.1, -0.05) is 26.3 Å². The van der Waals surface area contributed by atoms with Gasteiger partial charge in [-0.2, -0.15) is 13.2 Å². The van der Waals surface area contributed by atoms with Crippen LogP contribution in [0.1, 0.15) is 44.7 Å². The zero-order chi connectivity index (χ0) is 15.3. The Bertz CT molecular complexity index is 428. The fourth-order valence-electron chi connectivity index (χ4n) is 2.05. The Labute approximate surface area is 117 Å². The fraction of sp³-hybridized carbons (Fsp3) is 0.600. The van der Waals surface area contributed by atoms with E-state index >= 15 is 0 Å². The Kier molecular flexibility index (Phi) is 5.99. The maximum Gasteiger partial charge on any atom is 0.419 e. The van der Waals surface area contributed by atoms with E-state index in [0.717, 1.165) is 25.0 Å². The summed E-state index contributed by atoms with van der Waals surface area (Å²) in [4.78, 5) is 0. The second kappa shape index (κ2) is 7.07. The Hall–Kier alpha value is -1.10. The molecule has 1 nitrogen and oxygen atoms in total. The van der Waals surface area contributed by atoms with Crippen molar-refractivity contribution in [3.05, 3.63) is 35.1 Å². The lowest BCUT2D eigenvalue weighted by atomic mass is 10.00. The van der Waals surface area contributed by atoms with Crippen molar-refractivity contribution in [3.8, 4) is 0 Å². The van der Waals surface area contributed by atoms with E-state index in [0.29, 0.717) is 18.0 Å². The molecule has 0 aliphatic carbocycles. The monoisotopic (exact) mass is 291 g/mol. The van der Waals surface area contributed by atoms with Crippen LogP contribution in [0.5, 0.6) is 0 Å². The highest BCUT2D eigenvalue weighted by molar-refractivity contribution is 5.27. The van der Waals surface area contributed by atoms with Crippen LogP contribution < -0.4 is 5.32 Å².